The van der Waals surface area contributed by atoms with Gasteiger partial charge in [0.25, 0.3) is 0 Å². The molecule has 8 nitrogen and oxygen atoms in total. The molecule has 0 spiro atoms. The summed E-state index contributed by atoms with van der Waals surface area (Å²) in [5.74, 6) is 2.58. The molecule has 1 aromatic heterocycles. The molecule has 6 rings (SSSR count). The summed E-state index contributed by atoms with van der Waals surface area (Å²) >= 11 is 0. The van der Waals surface area contributed by atoms with Crippen LogP contribution in [0.3, 0.4) is 0 Å². The van der Waals surface area contributed by atoms with Crippen molar-refractivity contribution in [3.05, 3.63) is 101 Å². The molecule has 0 amide bonds. The first kappa shape index (κ1) is 31.5. The molecule has 240 valence electrons. The molecular formula is C38H45N5O3. The van der Waals surface area contributed by atoms with Crippen LogP contribution < -0.4 is 15.3 Å². The van der Waals surface area contributed by atoms with Crippen LogP contribution in [0.5, 0.6) is 5.88 Å². The lowest BCUT2D eigenvalue weighted by Crippen LogP contribution is -2.30. The minimum Gasteiger partial charge on any atom is -0.477 e. The van der Waals surface area contributed by atoms with Crippen molar-refractivity contribution in [2.75, 3.05) is 17.2 Å². The number of rotatable bonds is 3. The monoisotopic (exact) mass is 619 g/mol. The summed E-state index contributed by atoms with van der Waals surface area (Å²) in [5.41, 5.74) is 10.4. The second-order valence-electron chi connectivity index (χ2n) is 13.7. The zero-order valence-electron chi connectivity index (χ0n) is 27.8. The van der Waals surface area contributed by atoms with Crippen LogP contribution in [-0.4, -0.2) is 27.5 Å². The van der Waals surface area contributed by atoms with Crippen LogP contribution in [0.4, 0.5) is 11.6 Å². The molecule has 3 aliphatic rings. The first-order valence-corrected chi connectivity index (χ1v) is 16.3. The van der Waals surface area contributed by atoms with Crippen LogP contribution in [0.25, 0.3) is 11.3 Å². The third kappa shape index (κ3) is 6.44. The number of nitrogens with zero attached hydrogens (tertiary/aromatic N) is 4. The van der Waals surface area contributed by atoms with Crippen LogP contribution in [0.2, 0.25) is 0 Å². The molecule has 1 aliphatic carbocycles. The standard InChI is InChI=1S/C38H45N5O3/c1-8-30(39-31-20-33(38(5,6)7)46-25(31)4)29-18-10-9-15-27-22-45-34-21-32(35-23(2)13-11-14-24(35)3)40-37(41-34)42-43(44)28-17-12-16-26(19-28)36(27)29/h8,11-14,16-17,19-21,27,29,36,44H,4,9-10,15,18,22H2,1-3,5-7H3,(H,40,41,42)/b30-8-,39-31?. The Morgan fingerprint density at radius 1 is 1.07 bits per heavy atom. The van der Waals surface area contributed by atoms with Gasteiger partial charge in [0.05, 0.1) is 18.0 Å². The molecule has 2 aromatic carbocycles. The summed E-state index contributed by atoms with van der Waals surface area (Å²) in [6.07, 6.45) is 8.33. The van der Waals surface area contributed by atoms with Gasteiger partial charge in [0.2, 0.25) is 11.8 Å². The lowest BCUT2D eigenvalue weighted by atomic mass is 9.74. The fraction of sp³-hybridized carbons (Fsp3) is 0.395. The van der Waals surface area contributed by atoms with Crippen molar-refractivity contribution in [2.45, 2.75) is 73.1 Å². The largest absolute Gasteiger partial charge is 0.477 e. The highest BCUT2D eigenvalue weighted by atomic mass is 16.5. The SMILES string of the molecule is C=C1OC(C(C)(C)C)=CC1=N/C(=C\C)C1CCCCC2COc3cc(-c4c(C)cccc4C)nc(n3)NN(O)c3cccc(c3)C21. The second-order valence-corrected chi connectivity index (χ2v) is 13.7. The molecular weight excluding hydrogens is 574 g/mol. The Balaban J connectivity index is 1.42. The van der Waals surface area contributed by atoms with Crippen LogP contribution in [0.1, 0.15) is 76.0 Å². The Bertz CT molecular complexity index is 1710. The summed E-state index contributed by atoms with van der Waals surface area (Å²) in [7, 11) is 0. The van der Waals surface area contributed by atoms with Crippen LogP contribution >= 0.6 is 0 Å². The van der Waals surface area contributed by atoms with Crippen molar-refractivity contribution in [3.63, 3.8) is 0 Å². The number of hydrogen-bond donors (Lipinski definition) is 2. The zero-order chi connectivity index (χ0) is 32.6. The van der Waals surface area contributed by atoms with Crippen LogP contribution in [0.15, 0.2) is 89.5 Å². The molecule has 2 aliphatic heterocycles. The maximum atomic E-state index is 11.3. The molecule has 3 atom stereocenters. The van der Waals surface area contributed by atoms with E-state index in [4.69, 9.17) is 19.5 Å². The maximum absolute atomic E-state index is 11.3. The number of nitrogens with one attached hydrogen (secondary N) is 1. The van der Waals surface area contributed by atoms with Gasteiger partial charge >= 0.3 is 0 Å². The molecule has 3 unspecified atom stereocenters. The van der Waals surface area contributed by atoms with Crippen LogP contribution in [0, 0.1) is 31.1 Å². The Kier molecular flexibility index (Phi) is 8.75. The van der Waals surface area contributed by atoms with Crippen molar-refractivity contribution in [1.29, 1.82) is 0 Å². The number of aryl methyl sites for hydroxylation is 2. The first-order valence-electron chi connectivity index (χ1n) is 16.3. The van der Waals surface area contributed by atoms with Gasteiger partial charge in [-0.25, -0.2) is 15.4 Å². The predicted octanol–water partition coefficient (Wildman–Crippen LogP) is 9.08. The molecule has 2 N–H and O–H groups in total. The maximum Gasteiger partial charge on any atom is 0.247 e. The molecule has 0 radical (unpaired) electrons. The molecule has 46 heavy (non-hydrogen) atoms. The highest BCUT2D eigenvalue weighted by Gasteiger charge is 2.37. The average Bonchev–Trinajstić information content (AvgIpc) is 3.26. The number of aromatic nitrogens is 2. The Morgan fingerprint density at radius 2 is 1.80 bits per heavy atom. The number of benzene rings is 2. The van der Waals surface area contributed by atoms with Crippen molar-refractivity contribution >= 4 is 17.3 Å². The molecule has 3 aromatic rings. The molecule has 0 saturated heterocycles. The quantitative estimate of drug-likeness (QED) is 0.302. The Labute approximate surface area is 272 Å². The van der Waals surface area contributed by atoms with E-state index in [-0.39, 0.29) is 29.1 Å². The van der Waals surface area contributed by atoms with E-state index in [1.165, 1.54) is 0 Å². The highest BCUT2D eigenvalue weighted by Crippen LogP contribution is 2.46. The third-order valence-corrected chi connectivity index (χ3v) is 9.32. The lowest BCUT2D eigenvalue weighted by Gasteiger charge is -2.33. The summed E-state index contributed by atoms with van der Waals surface area (Å²) in [5, 5.41) is 12.3. The number of anilines is 2. The first-order chi connectivity index (χ1) is 22.0. The van der Waals surface area contributed by atoms with E-state index in [1.54, 1.807) is 0 Å². The Hall–Kier alpha value is -4.43. The molecule has 8 heteroatoms. The fourth-order valence-corrected chi connectivity index (χ4v) is 6.98. The van der Waals surface area contributed by atoms with Gasteiger partial charge in [-0.15, -0.1) is 0 Å². The average molecular weight is 620 g/mol. The van der Waals surface area contributed by atoms with Crippen molar-refractivity contribution in [1.82, 2.24) is 9.97 Å². The van der Waals surface area contributed by atoms with E-state index in [1.807, 2.05) is 30.3 Å². The van der Waals surface area contributed by atoms with Gasteiger partial charge in [-0.2, -0.15) is 10.2 Å². The lowest BCUT2D eigenvalue weighted by molar-refractivity contribution is 0.195. The van der Waals surface area contributed by atoms with Gasteiger partial charge in [0, 0.05) is 40.7 Å². The highest BCUT2D eigenvalue weighted by molar-refractivity contribution is 6.09. The fourth-order valence-electron chi connectivity index (χ4n) is 6.98. The summed E-state index contributed by atoms with van der Waals surface area (Å²) in [6.45, 7) is 17.3. The molecule has 3 heterocycles. The van der Waals surface area contributed by atoms with E-state index < -0.39 is 0 Å². The smallest absolute Gasteiger partial charge is 0.247 e. The minimum atomic E-state index is -0.141. The number of allylic oxidation sites excluding steroid dienone is 4. The van der Waals surface area contributed by atoms with E-state index in [0.29, 0.717) is 23.9 Å². The van der Waals surface area contributed by atoms with Gasteiger partial charge in [-0.3, -0.25) is 5.21 Å². The van der Waals surface area contributed by atoms with Crippen molar-refractivity contribution in [3.8, 4) is 17.1 Å². The van der Waals surface area contributed by atoms with E-state index in [2.05, 4.69) is 88.9 Å². The van der Waals surface area contributed by atoms with Gasteiger partial charge in [0.15, 0.2) is 0 Å². The van der Waals surface area contributed by atoms with Gasteiger partial charge < -0.3 is 9.47 Å². The van der Waals surface area contributed by atoms with Crippen molar-refractivity contribution < 1.29 is 14.7 Å². The summed E-state index contributed by atoms with van der Waals surface area (Å²) in [6, 6.07) is 16.2. The number of ether oxygens (including phenoxy) is 2. The van der Waals surface area contributed by atoms with Gasteiger partial charge in [-0.1, -0.05) is 76.6 Å². The molecule has 1 fully saturated rings. The predicted molar refractivity (Wildman–Crippen MR) is 184 cm³/mol. The van der Waals surface area contributed by atoms with E-state index >= 15 is 0 Å². The van der Waals surface area contributed by atoms with Crippen molar-refractivity contribution in [2.24, 2.45) is 22.2 Å². The number of aliphatic imine (C=N–C) groups is 1. The normalized spacial score (nSPS) is 22.8. The number of fused-ring (bicyclic) bond motifs is 6. The number of hydrazine groups is 1. The van der Waals surface area contributed by atoms with Gasteiger partial charge in [0.1, 0.15) is 17.2 Å². The molecule has 1 saturated carbocycles. The summed E-state index contributed by atoms with van der Waals surface area (Å²) in [4.78, 5) is 14.7. The molecule has 4 bridgehead atoms. The topological polar surface area (TPSA) is 92.1 Å². The third-order valence-electron chi connectivity index (χ3n) is 9.32. The van der Waals surface area contributed by atoms with E-state index in [0.717, 1.165) is 76.0 Å². The Morgan fingerprint density at radius 3 is 2.52 bits per heavy atom. The van der Waals surface area contributed by atoms with E-state index in [9.17, 15) is 5.21 Å². The number of hydrogen-bond acceptors (Lipinski definition) is 8. The van der Waals surface area contributed by atoms with Crippen LogP contribution in [-0.2, 0) is 4.74 Å². The minimum absolute atomic E-state index is 0.0897. The van der Waals surface area contributed by atoms with Gasteiger partial charge in [-0.05, 0) is 68.4 Å². The zero-order valence-corrected chi connectivity index (χ0v) is 27.8. The summed E-state index contributed by atoms with van der Waals surface area (Å²) < 4.78 is 12.6. The second kappa shape index (κ2) is 12.8.